The van der Waals surface area contributed by atoms with Crippen LogP contribution >= 0.6 is 0 Å². The van der Waals surface area contributed by atoms with Gasteiger partial charge in [-0.15, -0.1) is 0 Å². The fraction of sp³-hybridized carbons (Fsp3) is 0.341. The molecule has 44 heavy (non-hydrogen) atoms. The predicted molar refractivity (Wildman–Crippen MR) is 188 cm³/mol. The molecular formula is C41H54O3. The summed E-state index contributed by atoms with van der Waals surface area (Å²) >= 11 is 0. The van der Waals surface area contributed by atoms with Gasteiger partial charge in [0.1, 0.15) is 17.3 Å². The summed E-state index contributed by atoms with van der Waals surface area (Å²) in [5.74, 6) is 1.42. The van der Waals surface area contributed by atoms with Crippen LogP contribution in [0.5, 0.6) is 0 Å². The molecule has 0 bridgehead atoms. The van der Waals surface area contributed by atoms with Gasteiger partial charge >= 0.3 is 0 Å². The van der Waals surface area contributed by atoms with Crippen LogP contribution in [-0.2, 0) is 27.2 Å². The first-order valence-electron chi connectivity index (χ1n) is 15.5. The van der Waals surface area contributed by atoms with E-state index >= 15 is 0 Å². The van der Waals surface area contributed by atoms with E-state index in [-0.39, 0.29) is 35.1 Å². The molecule has 0 N–H and O–H groups in total. The van der Waals surface area contributed by atoms with Crippen molar-refractivity contribution in [3.63, 3.8) is 0 Å². The molecule has 0 heterocycles. The van der Waals surface area contributed by atoms with Gasteiger partial charge in [0, 0.05) is 17.8 Å². The fourth-order valence-corrected chi connectivity index (χ4v) is 2.85. The van der Waals surface area contributed by atoms with Crippen LogP contribution in [0.15, 0.2) is 121 Å². The second-order valence-corrected chi connectivity index (χ2v) is 11.6. The highest BCUT2D eigenvalue weighted by Gasteiger charge is 1.97. The molecule has 4 rings (SSSR count). The van der Waals surface area contributed by atoms with Crippen molar-refractivity contribution >= 4 is 17.3 Å². The second-order valence-electron chi connectivity index (χ2n) is 11.6. The number of benzene rings is 4. The van der Waals surface area contributed by atoms with Crippen LogP contribution in [0.25, 0.3) is 0 Å². The van der Waals surface area contributed by atoms with Crippen molar-refractivity contribution < 1.29 is 14.4 Å². The summed E-state index contributed by atoms with van der Waals surface area (Å²) in [6.07, 6.45) is 2.06. The zero-order valence-corrected chi connectivity index (χ0v) is 28.4. The molecular weight excluding hydrogens is 540 g/mol. The van der Waals surface area contributed by atoms with Gasteiger partial charge in [-0.05, 0) is 55.9 Å². The third kappa shape index (κ3) is 22.5. The Morgan fingerprint density at radius 2 is 0.500 bits per heavy atom. The van der Waals surface area contributed by atoms with Crippen molar-refractivity contribution in [3.05, 3.63) is 144 Å². The van der Waals surface area contributed by atoms with Gasteiger partial charge in [0.25, 0.3) is 0 Å². The molecule has 0 radical (unpaired) electrons. The molecule has 0 aromatic heterocycles. The number of ketones is 3. The molecule has 3 heteroatoms. The summed E-state index contributed by atoms with van der Waals surface area (Å²) in [5.41, 5.74) is 5.48. The molecule has 3 nitrogen and oxygen atoms in total. The number of Topliss-reactive ketones (excluding diaryl/α,β-unsaturated/α-hetero) is 3. The normalized spacial score (nSPS) is 9.64. The first-order chi connectivity index (χ1) is 20.8. The zero-order valence-electron chi connectivity index (χ0n) is 28.4. The van der Waals surface area contributed by atoms with Crippen LogP contribution in [0.4, 0.5) is 0 Å². The van der Waals surface area contributed by atoms with Gasteiger partial charge in [0.05, 0.1) is 0 Å². The lowest BCUT2D eigenvalue weighted by Gasteiger charge is -2.00. The fourth-order valence-electron chi connectivity index (χ4n) is 2.85. The topological polar surface area (TPSA) is 51.2 Å². The monoisotopic (exact) mass is 594 g/mol. The molecule has 0 atom stereocenters. The van der Waals surface area contributed by atoms with Gasteiger partial charge in [-0.25, -0.2) is 0 Å². The average Bonchev–Trinajstić information content (AvgIpc) is 3.00. The van der Waals surface area contributed by atoms with E-state index < -0.39 is 0 Å². The molecule has 0 spiro atoms. The van der Waals surface area contributed by atoms with E-state index in [2.05, 4.69) is 121 Å². The van der Waals surface area contributed by atoms with Crippen LogP contribution in [0.2, 0.25) is 0 Å². The van der Waals surface area contributed by atoms with Crippen molar-refractivity contribution in [3.8, 4) is 0 Å². The predicted octanol–water partition coefficient (Wildman–Crippen LogP) is 10.2. The lowest BCUT2D eigenvalue weighted by molar-refractivity contribution is -0.120. The van der Waals surface area contributed by atoms with Crippen LogP contribution in [0.3, 0.4) is 0 Å². The van der Waals surface area contributed by atoms with E-state index in [1.807, 2.05) is 41.5 Å². The highest BCUT2D eigenvalue weighted by atomic mass is 16.1. The first-order valence-corrected chi connectivity index (χ1v) is 15.5. The van der Waals surface area contributed by atoms with E-state index in [1.54, 1.807) is 20.8 Å². The zero-order chi connectivity index (χ0) is 33.3. The van der Waals surface area contributed by atoms with Crippen molar-refractivity contribution in [1.82, 2.24) is 0 Å². The Kier molecular flexibility index (Phi) is 22.1. The van der Waals surface area contributed by atoms with Gasteiger partial charge in [0.2, 0.25) is 0 Å². The van der Waals surface area contributed by atoms with Gasteiger partial charge in [-0.1, -0.05) is 163 Å². The van der Waals surface area contributed by atoms with Crippen LogP contribution in [0.1, 0.15) is 84.6 Å². The number of carbonyl (C=O) groups excluding carboxylic acids is 3. The number of hydrogen-bond donors (Lipinski definition) is 0. The molecule has 0 fully saturated rings. The maximum absolute atomic E-state index is 10.1. The largest absolute Gasteiger partial charge is 0.300 e. The van der Waals surface area contributed by atoms with Gasteiger partial charge in [-0.2, -0.15) is 0 Å². The maximum Gasteiger partial charge on any atom is 0.132 e. The Bertz CT molecular complexity index is 1080. The molecule has 4 aromatic carbocycles. The smallest absolute Gasteiger partial charge is 0.132 e. The van der Waals surface area contributed by atoms with E-state index in [0.29, 0.717) is 0 Å². The van der Waals surface area contributed by atoms with E-state index in [9.17, 15) is 14.4 Å². The second kappa shape index (κ2) is 24.3. The first kappa shape index (κ1) is 39.9. The van der Waals surface area contributed by atoms with Crippen LogP contribution in [-0.4, -0.2) is 17.3 Å². The average molecular weight is 595 g/mol. The van der Waals surface area contributed by atoms with Crippen molar-refractivity contribution in [2.24, 2.45) is 17.8 Å². The van der Waals surface area contributed by atoms with Crippen LogP contribution in [0, 0.1) is 17.8 Å². The minimum absolute atomic E-state index is 0.213. The summed E-state index contributed by atoms with van der Waals surface area (Å²) in [4.78, 5) is 30.4. The lowest BCUT2D eigenvalue weighted by Crippen LogP contribution is -1.98. The standard InChI is InChI=1S/2C13H12.3C5H10O/c2*1-3-7-12(8-4-1)11-13-9-5-2-6-10-13;3*1-4(2)5(3)6/h2*1-10H,11H2;3*4H,1-3H3. The number of carbonyl (C=O) groups is 3. The van der Waals surface area contributed by atoms with Gasteiger partial charge in [0.15, 0.2) is 0 Å². The molecule has 0 aliphatic rings. The highest BCUT2D eigenvalue weighted by molar-refractivity contribution is 5.78. The third-order valence-electron chi connectivity index (χ3n) is 6.63. The molecule has 0 amide bonds. The molecule has 236 valence electrons. The van der Waals surface area contributed by atoms with Crippen LogP contribution < -0.4 is 0 Å². The maximum atomic E-state index is 10.1. The Hall–Kier alpha value is -4.11. The van der Waals surface area contributed by atoms with Crippen molar-refractivity contribution in [1.29, 1.82) is 0 Å². The number of hydrogen-bond acceptors (Lipinski definition) is 3. The molecule has 0 aliphatic heterocycles. The molecule has 0 saturated heterocycles. The Morgan fingerprint density at radius 3 is 0.614 bits per heavy atom. The molecule has 0 saturated carbocycles. The summed E-state index contributed by atoms with van der Waals surface area (Å²) in [6.45, 7) is 16.2. The van der Waals surface area contributed by atoms with Crippen molar-refractivity contribution in [2.45, 2.75) is 75.2 Å². The van der Waals surface area contributed by atoms with E-state index in [4.69, 9.17) is 0 Å². The van der Waals surface area contributed by atoms with Gasteiger partial charge in [-0.3, -0.25) is 14.4 Å². The van der Waals surface area contributed by atoms with E-state index in [1.165, 1.54) is 22.3 Å². The Labute approximate surface area is 267 Å². The Morgan fingerprint density at radius 1 is 0.364 bits per heavy atom. The summed E-state index contributed by atoms with van der Waals surface area (Å²) < 4.78 is 0. The lowest BCUT2D eigenvalue weighted by atomic mass is 10.1. The third-order valence-corrected chi connectivity index (χ3v) is 6.63. The minimum atomic E-state index is 0.213. The number of rotatable bonds is 7. The van der Waals surface area contributed by atoms with Crippen molar-refractivity contribution in [2.75, 3.05) is 0 Å². The SMILES string of the molecule is CC(=O)C(C)C.CC(=O)C(C)C.CC(=O)C(C)C.c1ccc(Cc2ccccc2)cc1.c1ccc(Cc2ccccc2)cc1. The van der Waals surface area contributed by atoms with E-state index in [0.717, 1.165) is 12.8 Å². The van der Waals surface area contributed by atoms with Gasteiger partial charge < -0.3 is 0 Å². The highest BCUT2D eigenvalue weighted by Crippen LogP contribution is 2.09. The summed E-state index contributed by atoms with van der Waals surface area (Å²) in [6, 6.07) is 42.1. The summed E-state index contributed by atoms with van der Waals surface area (Å²) in [5, 5.41) is 0. The molecule has 4 aromatic rings. The quantitative estimate of drug-likeness (QED) is 0.214. The summed E-state index contributed by atoms with van der Waals surface area (Å²) in [7, 11) is 0. The Balaban J connectivity index is 0.000000558. The molecule has 0 aliphatic carbocycles. The minimum Gasteiger partial charge on any atom is -0.300 e. The molecule has 0 unspecified atom stereocenters.